The SMILES string of the molecule is CS(=O)(=O)N(CC(=O)NN=C1CCCCC1)c1ccccc1Cl. The zero-order valence-corrected chi connectivity index (χ0v) is 14.5. The van der Waals surface area contributed by atoms with Crippen molar-refractivity contribution in [2.75, 3.05) is 17.1 Å². The molecule has 126 valence electrons. The Labute approximate surface area is 141 Å². The molecule has 0 heterocycles. The molecule has 0 spiro atoms. The number of hydrogen-bond acceptors (Lipinski definition) is 4. The summed E-state index contributed by atoms with van der Waals surface area (Å²) in [6.45, 7) is -0.362. The maximum atomic E-state index is 12.1. The van der Waals surface area contributed by atoms with Gasteiger partial charge in [0.2, 0.25) is 10.0 Å². The Morgan fingerprint density at radius 3 is 2.52 bits per heavy atom. The van der Waals surface area contributed by atoms with Gasteiger partial charge in [-0.3, -0.25) is 9.10 Å². The standard InChI is InChI=1S/C15H20ClN3O3S/c1-23(21,22)19(14-10-6-5-9-13(14)16)11-15(20)18-17-12-7-3-2-4-8-12/h5-6,9-10H,2-4,7-8,11H2,1H3,(H,18,20). The number of rotatable bonds is 5. The first-order valence-corrected chi connectivity index (χ1v) is 9.67. The van der Waals surface area contributed by atoms with Crippen LogP contribution in [0.15, 0.2) is 29.4 Å². The van der Waals surface area contributed by atoms with Crippen LogP contribution in [0.2, 0.25) is 5.02 Å². The summed E-state index contributed by atoms with van der Waals surface area (Å²) in [6, 6.07) is 6.50. The Morgan fingerprint density at radius 2 is 1.91 bits per heavy atom. The minimum absolute atomic E-state index is 0.268. The third-order valence-corrected chi connectivity index (χ3v) is 5.02. The number of sulfonamides is 1. The molecule has 1 saturated carbocycles. The molecule has 1 amide bonds. The second kappa shape index (κ2) is 7.79. The molecule has 1 aromatic carbocycles. The van der Waals surface area contributed by atoms with Gasteiger partial charge in [-0.25, -0.2) is 13.8 Å². The van der Waals surface area contributed by atoms with Crippen molar-refractivity contribution < 1.29 is 13.2 Å². The summed E-state index contributed by atoms with van der Waals surface area (Å²) in [7, 11) is -3.64. The van der Waals surface area contributed by atoms with Gasteiger partial charge in [-0.1, -0.05) is 30.2 Å². The molecule has 23 heavy (non-hydrogen) atoms. The van der Waals surface area contributed by atoms with E-state index in [1.807, 2.05) is 0 Å². The molecule has 0 radical (unpaired) electrons. The van der Waals surface area contributed by atoms with Crippen molar-refractivity contribution in [1.29, 1.82) is 0 Å². The molecular formula is C15H20ClN3O3S. The maximum Gasteiger partial charge on any atom is 0.260 e. The Hall–Kier alpha value is -1.60. The van der Waals surface area contributed by atoms with E-state index in [4.69, 9.17) is 11.6 Å². The van der Waals surface area contributed by atoms with Crippen LogP contribution in [0.1, 0.15) is 32.1 Å². The lowest BCUT2D eigenvalue weighted by atomic mass is 9.99. The van der Waals surface area contributed by atoms with Crippen LogP contribution in [0, 0.1) is 0 Å². The van der Waals surface area contributed by atoms with Crippen LogP contribution in [-0.4, -0.2) is 32.8 Å². The highest BCUT2D eigenvalue weighted by atomic mass is 35.5. The van der Waals surface area contributed by atoms with E-state index in [0.717, 1.165) is 42.0 Å². The molecule has 1 aliphatic rings. The Balaban J connectivity index is 2.09. The minimum Gasteiger partial charge on any atom is -0.271 e. The average molecular weight is 358 g/mol. The second-order valence-electron chi connectivity index (χ2n) is 5.49. The molecule has 6 nitrogen and oxygen atoms in total. The van der Waals surface area contributed by atoms with Crippen LogP contribution in [0.4, 0.5) is 5.69 Å². The number of nitrogens with one attached hydrogen (secondary N) is 1. The monoisotopic (exact) mass is 357 g/mol. The normalized spacial score (nSPS) is 15.1. The van der Waals surface area contributed by atoms with Gasteiger partial charge in [-0.05, 0) is 37.8 Å². The van der Waals surface area contributed by atoms with E-state index in [1.165, 1.54) is 6.42 Å². The molecule has 0 unspecified atom stereocenters. The second-order valence-corrected chi connectivity index (χ2v) is 7.81. The lowest BCUT2D eigenvalue weighted by Crippen LogP contribution is -2.39. The summed E-state index contributed by atoms with van der Waals surface area (Å²) in [6.07, 6.45) is 6.12. The lowest BCUT2D eigenvalue weighted by Gasteiger charge is -2.22. The lowest BCUT2D eigenvalue weighted by molar-refractivity contribution is -0.119. The number of amides is 1. The zero-order chi connectivity index (χ0) is 16.9. The van der Waals surface area contributed by atoms with Gasteiger partial charge in [-0.15, -0.1) is 0 Å². The molecule has 1 aromatic rings. The number of nitrogens with zero attached hydrogens (tertiary/aromatic N) is 2. The minimum atomic E-state index is -3.64. The predicted octanol–water partition coefficient (Wildman–Crippen LogP) is 2.54. The molecule has 1 aliphatic carbocycles. The predicted molar refractivity (Wildman–Crippen MR) is 92.3 cm³/mol. The van der Waals surface area contributed by atoms with Gasteiger partial charge >= 0.3 is 0 Å². The molecule has 0 atom stereocenters. The van der Waals surface area contributed by atoms with Gasteiger partial charge in [0.25, 0.3) is 5.91 Å². The molecular weight excluding hydrogens is 338 g/mol. The van der Waals surface area contributed by atoms with Crippen molar-refractivity contribution in [3.63, 3.8) is 0 Å². The smallest absolute Gasteiger partial charge is 0.260 e. The molecule has 0 aliphatic heterocycles. The highest BCUT2D eigenvalue weighted by molar-refractivity contribution is 7.92. The number of hydrogen-bond donors (Lipinski definition) is 1. The van der Waals surface area contributed by atoms with Crippen molar-refractivity contribution >= 4 is 38.9 Å². The van der Waals surface area contributed by atoms with Gasteiger partial charge in [0.05, 0.1) is 17.0 Å². The van der Waals surface area contributed by atoms with Gasteiger partial charge in [0, 0.05) is 5.71 Å². The molecule has 2 rings (SSSR count). The number of anilines is 1. The van der Waals surface area contributed by atoms with Gasteiger partial charge in [0.15, 0.2) is 0 Å². The first-order valence-electron chi connectivity index (χ1n) is 7.44. The zero-order valence-electron chi connectivity index (χ0n) is 13.0. The highest BCUT2D eigenvalue weighted by Crippen LogP contribution is 2.26. The van der Waals surface area contributed by atoms with Crippen molar-refractivity contribution in [3.8, 4) is 0 Å². The summed E-state index contributed by atoms with van der Waals surface area (Å²) in [5.74, 6) is -0.492. The number of benzene rings is 1. The third kappa shape index (κ3) is 5.21. The summed E-state index contributed by atoms with van der Waals surface area (Å²) in [5, 5.41) is 4.36. The fraction of sp³-hybridized carbons (Fsp3) is 0.467. The fourth-order valence-corrected chi connectivity index (χ4v) is 3.57. The summed E-state index contributed by atoms with van der Waals surface area (Å²) in [5.41, 5.74) is 3.67. The van der Waals surface area contributed by atoms with E-state index in [2.05, 4.69) is 10.5 Å². The van der Waals surface area contributed by atoms with E-state index in [9.17, 15) is 13.2 Å². The van der Waals surface area contributed by atoms with Crippen LogP contribution < -0.4 is 9.73 Å². The Morgan fingerprint density at radius 1 is 1.26 bits per heavy atom. The van der Waals surface area contributed by atoms with E-state index in [1.54, 1.807) is 24.3 Å². The van der Waals surface area contributed by atoms with E-state index in [-0.39, 0.29) is 17.3 Å². The van der Waals surface area contributed by atoms with Crippen molar-refractivity contribution in [2.24, 2.45) is 5.10 Å². The summed E-state index contributed by atoms with van der Waals surface area (Å²) >= 11 is 6.04. The highest BCUT2D eigenvalue weighted by Gasteiger charge is 2.22. The summed E-state index contributed by atoms with van der Waals surface area (Å²) in [4.78, 5) is 12.1. The van der Waals surface area contributed by atoms with Crippen molar-refractivity contribution in [2.45, 2.75) is 32.1 Å². The third-order valence-electron chi connectivity index (χ3n) is 3.58. The average Bonchev–Trinajstić information content (AvgIpc) is 2.51. The van der Waals surface area contributed by atoms with Crippen LogP contribution in [0.25, 0.3) is 0 Å². The van der Waals surface area contributed by atoms with Crippen LogP contribution in [0.3, 0.4) is 0 Å². The Bertz CT molecular complexity index is 696. The van der Waals surface area contributed by atoms with Gasteiger partial charge in [0.1, 0.15) is 6.54 Å². The molecule has 8 heteroatoms. The number of para-hydroxylation sites is 1. The molecule has 1 fully saturated rings. The van der Waals surface area contributed by atoms with Crippen LogP contribution >= 0.6 is 11.6 Å². The first-order chi connectivity index (χ1) is 10.9. The molecule has 0 aromatic heterocycles. The number of carbonyl (C=O) groups excluding carboxylic acids is 1. The van der Waals surface area contributed by atoms with E-state index < -0.39 is 15.9 Å². The van der Waals surface area contributed by atoms with Gasteiger partial charge < -0.3 is 0 Å². The largest absolute Gasteiger partial charge is 0.271 e. The molecule has 0 saturated heterocycles. The van der Waals surface area contributed by atoms with Crippen molar-refractivity contribution in [3.05, 3.63) is 29.3 Å². The van der Waals surface area contributed by atoms with Crippen LogP contribution in [0.5, 0.6) is 0 Å². The number of carbonyl (C=O) groups is 1. The quantitative estimate of drug-likeness (QED) is 0.822. The molecule has 1 N–H and O–H groups in total. The molecule has 0 bridgehead atoms. The van der Waals surface area contributed by atoms with Crippen molar-refractivity contribution in [1.82, 2.24) is 5.43 Å². The fourth-order valence-electron chi connectivity index (χ4n) is 2.41. The Kier molecular flexibility index (Phi) is 6.01. The maximum absolute atomic E-state index is 12.1. The van der Waals surface area contributed by atoms with E-state index >= 15 is 0 Å². The first kappa shape index (κ1) is 17.7. The summed E-state index contributed by atoms with van der Waals surface area (Å²) < 4.78 is 24.9. The topological polar surface area (TPSA) is 78.8 Å². The number of hydrazone groups is 1. The van der Waals surface area contributed by atoms with Crippen LogP contribution in [-0.2, 0) is 14.8 Å². The number of halogens is 1. The van der Waals surface area contributed by atoms with E-state index in [0.29, 0.717) is 0 Å². The van der Waals surface area contributed by atoms with Gasteiger partial charge in [-0.2, -0.15) is 5.10 Å².